The van der Waals surface area contributed by atoms with Crippen molar-refractivity contribution in [2.24, 2.45) is 0 Å². The number of benzene rings is 1. The van der Waals surface area contributed by atoms with E-state index in [0.717, 1.165) is 0 Å². The van der Waals surface area contributed by atoms with Crippen LogP contribution in [0.1, 0.15) is 27.7 Å². The molecule has 0 aliphatic carbocycles. The zero-order valence-electron chi connectivity index (χ0n) is 13.3. The molecule has 1 atom stereocenters. The summed E-state index contributed by atoms with van der Waals surface area (Å²) in [5.41, 5.74) is 1.13. The number of nitrogens with one attached hydrogen (secondary N) is 1. The van der Waals surface area contributed by atoms with Crippen molar-refractivity contribution >= 4 is 35.8 Å². The molecule has 0 saturated carbocycles. The van der Waals surface area contributed by atoms with Gasteiger partial charge in [0.2, 0.25) is 0 Å². The van der Waals surface area contributed by atoms with Gasteiger partial charge in [0.25, 0.3) is 0 Å². The summed E-state index contributed by atoms with van der Waals surface area (Å²) in [5, 5.41) is 11.8. The van der Waals surface area contributed by atoms with E-state index in [9.17, 15) is 8.53 Å². The third kappa shape index (κ3) is 4.36. The van der Waals surface area contributed by atoms with E-state index in [-0.39, 0.29) is 16.9 Å². The molecule has 0 saturated heterocycles. The van der Waals surface area contributed by atoms with Crippen molar-refractivity contribution in [3.8, 4) is 0 Å². The molecular weight excluding hydrogens is 351 g/mol. The van der Waals surface area contributed by atoms with E-state index in [0.29, 0.717) is 24.5 Å². The predicted molar refractivity (Wildman–Crippen MR) is 85.7 cm³/mol. The maximum absolute atomic E-state index is 12.8. The second kappa shape index (κ2) is 8.38. The molecule has 8 heteroatoms. The fourth-order valence-electron chi connectivity index (χ4n) is 2.16. The van der Waals surface area contributed by atoms with E-state index in [2.05, 4.69) is 9.19 Å². The van der Waals surface area contributed by atoms with Crippen molar-refractivity contribution in [1.29, 1.82) is 0 Å². The van der Waals surface area contributed by atoms with Crippen LogP contribution in [0.15, 0.2) is 18.2 Å². The molecule has 7 nitrogen and oxygen atoms in total. The van der Waals surface area contributed by atoms with E-state index in [1.54, 1.807) is 19.1 Å². The quantitative estimate of drug-likeness (QED) is 0.408. The first-order valence-corrected chi connectivity index (χ1v) is 10.4. The number of rotatable bonds is 8. The molecule has 0 fully saturated rings. The molecule has 0 radical (unpaired) electrons. The average Bonchev–Trinajstić information content (AvgIpc) is 2.49. The predicted octanol–water partition coefficient (Wildman–Crippen LogP) is 1.59. The van der Waals surface area contributed by atoms with Crippen molar-refractivity contribution in [2.75, 3.05) is 29.9 Å². The van der Waals surface area contributed by atoms with Crippen molar-refractivity contribution in [1.82, 2.24) is 0 Å². The van der Waals surface area contributed by atoms with Crippen molar-refractivity contribution in [2.45, 2.75) is 27.7 Å². The number of carbonyl (C=O) groups is 1. The minimum atomic E-state index is -4.60. The van der Waals surface area contributed by atoms with Crippen LogP contribution >= 0.6 is 0 Å². The Hall–Kier alpha value is -1.27. The van der Waals surface area contributed by atoms with Crippen LogP contribution in [0.2, 0.25) is 0 Å². The SMILES string of the molecule is CCO[As](=O)(OO)c1cc(NC(C)=O)ccc1N(CC)CC. The Balaban J connectivity index is 3.44. The van der Waals surface area contributed by atoms with E-state index >= 15 is 0 Å². The van der Waals surface area contributed by atoms with Gasteiger partial charge in [0.05, 0.1) is 0 Å². The Bertz CT molecular complexity index is 560. The summed E-state index contributed by atoms with van der Waals surface area (Å²) in [5.74, 6) is -0.245. The van der Waals surface area contributed by atoms with Gasteiger partial charge in [-0.3, -0.25) is 0 Å². The third-order valence-electron chi connectivity index (χ3n) is 3.10. The molecule has 1 amide bonds. The molecule has 0 aliphatic heterocycles. The number of nitrogens with zero attached hydrogens (tertiary/aromatic N) is 1. The second-order valence-electron chi connectivity index (χ2n) is 4.55. The van der Waals surface area contributed by atoms with E-state index in [1.165, 1.54) is 13.0 Å². The minimum absolute atomic E-state index is 0.138. The van der Waals surface area contributed by atoms with Crippen LogP contribution in [-0.4, -0.2) is 45.0 Å². The molecule has 0 spiro atoms. The van der Waals surface area contributed by atoms with E-state index < -0.39 is 14.2 Å². The summed E-state index contributed by atoms with van der Waals surface area (Å²) in [4.78, 5) is 13.2. The molecule has 0 aliphatic rings. The van der Waals surface area contributed by atoms with Gasteiger partial charge < -0.3 is 0 Å². The van der Waals surface area contributed by atoms with Gasteiger partial charge in [-0.15, -0.1) is 0 Å². The molecule has 1 aromatic carbocycles. The Labute approximate surface area is 133 Å². The molecule has 22 heavy (non-hydrogen) atoms. The third-order valence-corrected chi connectivity index (χ3v) is 6.80. The Kier molecular flexibility index (Phi) is 7.16. The first-order chi connectivity index (χ1) is 10.4. The molecule has 1 rings (SSSR count). The Morgan fingerprint density at radius 1 is 1.32 bits per heavy atom. The Morgan fingerprint density at radius 2 is 1.95 bits per heavy atom. The molecule has 0 heterocycles. The van der Waals surface area contributed by atoms with E-state index in [1.807, 2.05) is 18.7 Å². The molecule has 0 bridgehead atoms. The number of anilines is 2. The molecule has 2 N–H and O–H groups in total. The van der Waals surface area contributed by atoms with Crippen molar-refractivity contribution in [3.05, 3.63) is 18.2 Å². The number of amides is 1. The van der Waals surface area contributed by atoms with Crippen molar-refractivity contribution in [3.63, 3.8) is 0 Å². The average molecular weight is 374 g/mol. The monoisotopic (exact) mass is 374 g/mol. The molecule has 0 aromatic heterocycles. The van der Waals surface area contributed by atoms with E-state index in [4.69, 9.17) is 8.98 Å². The summed E-state index contributed by atoms with van der Waals surface area (Å²) >= 11 is -4.60. The maximum atomic E-state index is 12.8. The van der Waals surface area contributed by atoms with Gasteiger partial charge in [-0.25, -0.2) is 0 Å². The standard InChI is InChI=1S/C14H23AsN2O5/c1-5-17(6-2)14-9-8-12(16-11(4)18)10-13(14)15(19,22-20)21-7-3/h8-10,20H,5-7H2,1-4H3,(H,16,18). The second-order valence-corrected chi connectivity index (χ2v) is 8.54. The molecule has 124 valence electrons. The van der Waals surface area contributed by atoms with Gasteiger partial charge in [-0.05, 0) is 0 Å². The van der Waals surface area contributed by atoms with Crippen molar-refractivity contribution < 1.29 is 21.4 Å². The van der Waals surface area contributed by atoms with Gasteiger partial charge in [0, 0.05) is 0 Å². The number of carbonyl (C=O) groups excluding carboxylic acids is 1. The summed E-state index contributed by atoms with van der Waals surface area (Å²) in [6.45, 7) is 8.50. The van der Waals surface area contributed by atoms with Crippen LogP contribution in [0.4, 0.5) is 11.4 Å². The number of hydrogen-bond donors (Lipinski definition) is 2. The van der Waals surface area contributed by atoms with Crippen LogP contribution in [0.5, 0.6) is 0 Å². The van der Waals surface area contributed by atoms with Crippen LogP contribution < -0.4 is 14.6 Å². The number of hydrogen-bond acceptors (Lipinski definition) is 6. The van der Waals surface area contributed by atoms with Crippen LogP contribution in [0.3, 0.4) is 0 Å². The first-order valence-electron chi connectivity index (χ1n) is 7.16. The zero-order valence-corrected chi connectivity index (χ0v) is 15.2. The van der Waals surface area contributed by atoms with Gasteiger partial charge >= 0.3 is 133 Å². The van der Waals surface area contributed by atoms with Gasteiger partial charge in [-0.1, -0.05) is 0 Å². The molecule has 1 aromatic rings. The summed E-state index contributed by atoms with van der Waals surface area (Å²) in [7, 11) is 0. The molecular formula is C14H23AsN2O5. The van der Waals surface area contributed by atoms with Crippen LogP contribution in [0.25, 0.3) is 0 Å². The summed E-state index contributed by atoms with van der Waals surface area (Å²) < 4.78 is 22.5. The normalized spacial score (nSPS) is 13.5. The van der Waals surface area contributed by atoms with Crippen LogP contribution in [-0.2, 0) is 16.1 Å². The summed E-state index contributed by atoms with van der Waals surface area (Å²) in [6.07, 6.45) is 0. The summed E-state index contributed by atoms with van der Waals surface area (Å²) in [6, 6.07) is 4.97. The molecule has 1 unspecified atom stereocenters. The van der Waals surface area contributed by atoms with Crippen LogP contribution in [0, 0.1) is 0 Å². The zero-order chi connectivity index (χ0) is 16.8. The van der Waals surface area contributed by atoms with Gasteiger partial charge in [0.1, 0.15) is 0 Å². The Morgan fingerprint density at radius 3 is 2.41 bits per heavy atom. The fourth-order valence-corrected chi connectivity index (χ4v) is 5.12. The fraction of sp³-hybridized carbons (Fsp3) is 0.500. The topological polar surface area (TPSA) is 88.1 Å². The first kappa shape index (κ1) is 18.8. The van der Waals surface area contributed by atoms with Gasteiger partial charge in [0.15, 0.2) is 0 Å². The van der Waals surface area contributed by atoms with Gasteiger partial charge in [-0.2, -0.15) is 0 Å².